The maximum Gasteiger partial charge on any atom is 0 e. The van der Waals surface area contributed by atoms with E-state index >= 15 is 0 Å². The van der Waals surface area contributed by atoms with Crippen LogP contribution < -0.4 is 10.6 Å². The normalized spacial score (nSPS) is 20.3. The van der Waals surface area contributed by atoms with Gasteiger partial charge in [0.2, 0.25) is 0 Å². The molecule has 0 bridgehead atoms. The van der Waals surface area contributed by atoms with E-state index in [-0.39, 0.29) is 25.8 Å². The Morgan fingerprint density at radius 3 is 2.56 bits per heavy atom. The fourth-order valence-corrected chi connectivity index (χ4v) is 5.01. The molecule has 0 nitrogen and oxygen atoms in total. The molecule has 0 saturated heterocycles. The van der Waals surface area contributed by atoms with Crippen LogP contribution in [0.5, 0.6) is 0 Å². The molecule has 3 aromatic rings. The third-order valence-corrected chi connectivity index (χ3v) is 6.69. The quantitative estimate of drug-likeness (QED) is 0.220. The molecule has 2 aliphatic rings. The van der Waals surface area contributed by atoms with Crippen molar-refractivity contribution in [2.24, 2.45) is 11.8 Å². The molecule has 3 aromatic carbocycles. The van der Waals surface area contributed by atoms with Gasteiger partial charge in [-0.25, -0.2) is 0 Å². The van der Waals surface area contributed by atoms with Crippen molar-refractivity contribution in [3.63, 3.8) is 0 Å². The van der Waals surface area contributed by atoms with Crippen molar-refractivity contribution >= 4 is 30.0 Å². The number of allylic oxidation sites excluding steroid dienone is 4. The summed E-state index contributed by atoms with van der Waals surface area (Å²) in [5.74, 6) is 1.62. The maximum atomic E-state index is 2.42. The van der Waals surface area contributed by atoms with Crippen LogP contribution in [-0.2, 0) is 25.8 Å². The van der Waals surface area contributed by atoms with Gasteiger partial charge in [0.25, 0.3) is 0 Å². The van der Waals surface area contributed by atoms with E-state index in [9.17, 15) is 0 Å². The summed E-state index contributed by atoms with van der Waals surface area (Å²) in [5, 5.41) is 5.58. The molecule has 27 heavy (non-hydrogen) atoms. The van der Waals surface area contributed by atoms with Crippen LogP contribution in [-0.4, -0.2) is 0 Å². The van der Waals surface area contributed by atoms with Crippen LogP contribution in [0.25, 0.3) is 10.8 Å². The molecule has 1 saturated carbocycles. The van der Waals surface area contributed by atoms with Gasteiger partial charge in [0.15, 0.2) is 0 Å². The Kier molecular flexibility index (Phi) is 7.50. The van der Waals surface area contributed by atoms with Crippen LogP contribution in [0.15, 0.2) is 85.0 Å². The van der Waals surface area contributed by atoms with Gasteiger partial charge < -0.3 is 6.42 Å². The Labute approximate surface area is 183 Å². The molecule has 0 aromatic heterocycles. The zero-order valence-corrected chi connectivity index (χ0v) is 20.3. The minimum Gasteiger partial charge on any atom is -0.321 e. The first-order valence-corrected chi connectivity index (χ1v) is 10.5. The van der Waals surface area contributed by atoms with Gasteiger partial charge in [-0.2, -0.15) is 12.5 Å². The van der Waals surface area contributed by atoms with Crippen LogP contribution in [0.2, 0.25) is 0 Å². The van der Waals surface area contributed by atoms with Gasteiger partial charge in [-0.15, -0.1) is 52.3 Å². The number of hydrogen-bond donors (Lipinski definition) is 0. The second-order valence-corrected chi connectivity index (χ2v) is 8.50. The number of hydrogen-bond acceptors (Lipinski definition) is 0. The summed E-state index contributed by atoms with van der Waals surface area (Å²) in [7, 11) is 0.759. The number of benzene rings is 2. The third-order valence-electron chi connectivity index (χ3n) is 5.28. The van der Waals surface area contributed by atoms with Crippen LogP contribution in [0, 0.1) is 25.2 Å². The molecule has 2 heteroatoms. The average Bonchev–Trinajstić information content (AvgIpc) is 3.30. The van der Waals surface area contributed by atoms with Gasteiger partial charge in [-0.1, -0.05) is 63.6 Å². The summed E-state index contributed by atoms with van der Waals surface area (Å²) in [6.45, 7) is 2.19. The molecule has 5 rings (SSSR count). The van der Waals surface area contributed by atoms with E-state index < -0.39 is 0 Å². The fraction of sp³-hybridized carbons (Fsp3) is 0.200. The van der Waals surface area contributed by atoms with Crippen molar-refractivity contribution in [1.29, 1.82) is 0 Å². The molecular weight excluding hydrogens is 510 g/mol. The number of fused-ring (bicyclic) bond motifs is 2. The molecule has 1 fully saturated rings. The largest absolute Gasteiger partial charge is 0.321 e. The molecule has 2 aliphatic carbocycles. The van der Waals surface area contributed by atoms with E-state index in [4.69, 9.17) is 0 Å². The summed E-state index contributed by atoms with van der Waals surface area (Å²) >= 11 is 0. The van der Waals surface area contributed by atoms with Crippen molar-refractivity contribution < 1.29 is 25.8 Å². The van der Waals surface area contributed by atoms with Crippen molar-refractivity contribution in [2.75, 3.05) is 0 Å². The molecule has 0 amide bonds. The molecule has 3 atom stereocenters. The van der Waals surface area contributed by atoms with Gasteiger partial charge >= 0.3 is 0 Å². The molecule has 3 unspecified atom stereocenters. The Morgan fingerprint density at radius 2 is 1.74 bits per heavy atom. The second kappa shape index (κ2) is 9.85. The monoisotopic (exact) mass is 536 g/mol. The van der Waals surface area contributed by atoms with E-state index in [1.54, 1.807) is 0 Å². The summed E-state index contributed by atoms with van der Waals surface area (Å²) in [5.41, 5.74) is 1.39. The zero-order valence-electron chi connectivity index (χ0n) is 15.7. The molecular formula is C25H25HfP-2. The van der Waals surface area contributed by atoms with E-state index in [1.807, 2.05) is 0 Å². The predicted octanol–water partition coefficient (Wildman–Crippen LogP) is 5.84. The van der Waals surface area contributed by atoms with E-state index in [0.717, 1.165) is 20.4 Å². The summed E-state index contributed by atoms with van der Waals surface area (Å²) < 4.78 is 0. The Morgan fingerprint density at radius 1 is 0.963 bits per heavy atom. The molecule has 0 radical (unpaired) electrons. The zero-order chi connectivity index (χ0) is 17.8. The topological polar surface area (TPSA) is 0 Å². The molecule has 136 valence electrons. The van der Waals surface area contributed by atoms with Crippen LogP contribution in [0.3, 0.4) is 0 Å². The van der Waals surface area contributed by atoms with Crippen molar-refractivity contribution in [2.45, 2.75) is 19.8 Å². The fourth-order valence-electron chi connectivity index (χ4n) is 3.78. The van der Waals surface area contributed by atoms with Crippen LogP contribution >= 0.6 is 8.58 Å². The third kappa shape index (κ3) is 5.21. The molecule has 0 aliphatic heterocycles. The number of rotatable bonds is 2. The van der Waals surface area contributed by atoms with E-state index in [2.05, 4.69) is 98.3 Å². The molecule has 0 heterocycles. The van der Waals surface area contributed by atoms with Gasteiger partial charge in [0.1, 0.15) is 0 Å². The van der Waals surface area contributed by atoms with Gasteiger partial charge in [0.05, 0.1) is 0 Å². The Hall–Kier alpha value is -1.17. The Balaban J connectivity index is 0.000000178. The Bertz CT molecular complexity index is 883. The van der Waals surface area contributed by atoms with Crippen molar-refractivity contribution in [3.8, 4) is 0 Å². The SMILES string of the molecule is C1=CC2[CH-]CCC2C=C1.Cc1ccccc1Pc1cc2ccccc2[cH-]1.[Hf]. The molecule has 0 spiro atoms. The van der Waals surface area contributed by atoms with E-state index in [0.29, 0.717) is 0 Å². The summed E-state index contributed by atoms with van der Waals surface area (Å²) in [6, 6.07) is 21.8. The standard InChI is InChI=1S/C16H14P.C9H11.Hf/c1-12-6-2-5-9-16(12)17-15-10-13-7-3-4-8-14(13)11-15;1-2-5-9-7-3-6-8(9)4-1;/h2-11,17H,1H3;1-2,4-6,8-9H,3,7H2;/q2*-1;. The van der Waals surface area contributed by atoms with Gasteiger partial charge in [0, 0.05) is 25.8 Å². The van der Waals surface area contributed by atoms with Crippen LogP contribution in [0.4, 0.5) is 0 Å². The van der Waals surface area contributed by atoms with Crippen LogP contribution in [0.1, 0.15) is 18.4 Å². The van der Waals surface area contributed by atoms with Gasteiger partial charge in [-0.3, -0.25) is 0 Å². The minimum absolute atomic E-state index is 0. The smallest absolute Gasteiger partial charge is 0 e. The summed E-state index contributed by atoms with van der Waals surface area (Å²) in [4.78, 5) is 0. The average molecular weight is 535 g/mol. The second-order valence-electron chi connectivity index (χ2n) is 7.14. The van der Waals surface area contributed by atoms with Crippen molar-refractivity contribution in [3.05, 3.63) is 97.0 Å². The first-order valence-electron chi connectivity index (χ1n) is 9.46. The summed E-state index contributed by atoms with van der Waals surface area (Å²) in [6.07, 6.45) is 14.1. The number of aryl methyl sites for hydroxylation is 1. The first kappa shape index (κ1) is 20.6. The van der Waals surface area contributed by atoms with E-state index in [1.165, 1.54) is 39.8 Å². The predicted molar refractivity (Wildman–Crippen MR) is 117 cm³/mol. The van der Waals surface area contributed by atoms with Crippen molar-refractivity contribution in [1.82, 2.24) is 0 Å². The minimum atomic E-state index is 0. The first-order chi connectivity index (χ1) is 12.8. The van der Waals surface area contributed by atoms with Gasteiger partial charge in [-0.05, 0) is 23.7 Å². The maximum absolute atomic E-state index is 2.42. The molecule has 0 N–H and O–H groups in total.